The van der Waals surface area contributed by atoms with Gasteiger partial charge in [-0.1, -0.05) is 41.5 Å². The number of nitrogens with one attached hydrogen (secondary N) is 1. The zero-order valence-corrected chi connectivity index (χ0v) is 29.0. The molecule has 0 aliphatic carbocycles. The van der Waals surface area contributed by atoms with Crippen LogP contribution in [0.15, 0.2) is 20.0 Å². The maximum atomic E-state index is 15.4. The summed E-state index contributed by atoms with van der Waals surface area (Å²) in [6.07, 6.45) is 0.242. The molecule has 3 aromatic heterocycles. The predicted octanol–water partition coefficient (Wildman–Crippen LogP) is 5.84. The SMILES string of the molecule is Cc1oc(=O)oc1Cn1c(F)nc2c(ncn2[C@H]2CC(O[Si](C)(C)C(C)(C)C)[C@@](C)(CO[Si](C)(C)C(C)(C)C)O2)c1=N. The number of hydrogen-bond donors (Lipinski definition) is 1. The Morgan fingerprint density at radius 1 is 1.12 bits per heavy atom. The molecule has 0 amide bonds. The van der Waals surface area contributed by atoms with E-state index in [0.29, 0.717) is 13.0 Å². The normalized spacial score (nSPS) is 22.4. The van der Waals surface area contributed by atoms with Crippen molar-refractivity contribution in [3.8, 4) is 0 Å². The Morgan fingerprint density at radius 2 is 1.74 bits per heavy atom. The fraction of sp³-hybridized carbons (Fsp3) is 0.714. The number of aromatic nitrogens is 4. The molecule has 42 heavy (non-hydrogen) atoms. The molecule has 4 heterocycles. The summed E-state index contributed by atoms with van der Waals surface area (Å²) >= 11 is 0. The van der Waals surface area contributed by atoms with Gasteiger partial charge in [0, 0.05) is 6.42 Å². The Labute approximate surface area is 248 Å². The number of nitrogens with zero attached hydrogens (tertiary/aromatic N) is 4. The first-order valence-electron chi connectivity index (χ1n) is 14.3. The smallest absolute Gasteiger partial charge is 0.414 e. The third-order valence-corrected chi connectivity index (χ3v) is 18.4. The summed E-state index contributed by atoms with van der Waals surface area (Å²) in [4.78, 5) is 20.0. The van der Waals surface area contributed by atoms with E-state index in [9.17, 15) is 4.79 Å². The van der Waals surface area contributed by atoms with E-state index in [1.807, 2.05) is 6.92 Å². The summed E-state index contributed by atoms with van der Waals surface area (Å²) in [5, 5.41) is 8.68. The zero-order chi connectivity index (χ0) is 31.6. The molecular formula is C28H46FN5O6Si2. The van der Waals surface area contributed by atoms with E-state index in [4.69, 9.17) is 27.8 Å². The molecule has 3 aromatic rings. The Morgan fingerprint density at radius 3 is 2.29 bits per heavy atom. The molecule has 0 aromatic carbocycles. The number of rotatable bonds is 8. The summed E-state index contributed by atoms with van der Waals surface area (Å²) in [7, 11) is -4.30. The van der Waals surface area contributed by atoms with Gasteiger partial charge in [0.05, 0.1) is 25.6 Å². The Kier molecular flexibility index (Phi) is 8.24. The van der Waals surface area contributed by atoms with Crippen LogP contribution in [0, 0.1) is 18.4 Å². The van der Waals surface area contributed by atoms with Gasteiger partial charge in [0.1, 0.15) is 17.6 Å². The molecule has 0 radical (unpaired) electrons. The second kappa shape index (κ2) is 10.6. The Bertz CT molecular complexity index is 1580. The van der Waals surface area contributed by atoms with Gasteiger partial charge in [-0.25, -0.2) is 9.78 Å². The molecule has 1 fully saturated rings. The number of halogens is 1. The monoisotopic (exact) mass is 623 g/mol. The summed E-state index contributed by atoms with van der Waals surface area (Å²) in [6, 6.07) is 0. The molecular weight excluding hydrogens is 578 g/mol. The molecule has 11 nitrogen and oxygen atoms in total. The third kappa shape index (κ3) is 6.00. The first-order chi connectivity index (χ1) is 19.1. The van der Waals surface area contributed by atoms with Crippen molar-refractivity contribution < 1.29 is 26.8 Å². The number of fused-ring (bicyclic) bond motifs is 1. The van der Waals surface area contributed by atoms with Gasteiger partial charge in [-0.3, -0.25) is 14.5 Å². The van der Waals surface area contributed by atoms with Crippen molar-refractivity contribution in [2.45, 2.75) is 123 Å². The van der Waals surface area contributed by atoms with Crippen molar-refractivity contribution in [2.24, 2.45) is 0 Å². The van der Waals surface area contributed by atoms with Gasteiger partial charge in [-0.15, -0.1) is 0 Å². The van der Waals surface area contributed by atoms with Crippen LogP contribution in [0.2, 0.25) is 36.3 Å². The molecule has 0 bridgehead atoms. The van der Waals surface area contributed by atoms with Crippen LogP contribution in [0.4, 0.5) is 4.39 Å². The van der Waals surface area contributed by atoms with E-state index in [2.05, 4.69) is 77.7 Å². The highest BCUT2D eigenvalue weighted by molar-refractivity contribution is 6.74. The Balaban J connectivity index is 1.70. The topological polar surface area (TPSA) is 131 Å². The molecule has 0 spiro atoms. The minimum absolute atomic E-state index is 0.0150. The van der Waals surface area contributed by atoms with Crippen LogP contribution in [0.3, 0.4) is 0 Å². The average Bonchev–Trinajstić information content (AvgIpc) is 3.49. The molecule has 14 heteroatoms. The van der Waals surface area contributed by atoms with E-state index >= 15 is 4.39 Å². The van der Waals surface area contributed by atoms with Crippen molar-refractivity contribution >= 4 is 27.8 Å². The minimum Gasteiger partial charge on any atom is -0.414 e. The fourth-order valence-electron chi connectivity index (χ4n) is 4.43. The van der Waals surface area contributed by atoms with Crippen LogP contribution in [0.1, 0.15) is 72.6 Å². The van der Waals surface area contributed by atoms with Gasteiger partial charge >= 0.3 is 5.82 Å². The first-order valence-corrected chi connectivity index (χ1v) is 20.1. The van der Waals surface area contributed by atoms with E-state index in [0.717, 1.165) is 4.57 Å². The highest BCUT2D eigenvalue weighted by Gasteiger charge is 2.52. The molecule has 234 valence electrons. The third-order valence-electron chi connectivity index (χ3n) is 9.40. The second-order valence-electron chi connectivity index (χ2n) is 14.6. The van der Waals surface area contributed by atoms with Crippen LogP contribution in [-0.2, 0) is 20.1 Å². The van der Waals surface area contributed by atoms with Crippen LogP contribution in [-0.4, -0.2) is 54.0 Å². The maximum Gasteiger partial charge on any atom is 0.519 e. The largest absolute Gasteiger partial charge is 0.519 e. The summed E-state index contributed by atoms with van der Waals surface area (Å²) in [5.74, 6) is -0.565. The van der Waals surface area contributed by atoms with Crippen molar-refractivity contribution in [3.05, 3.63) is 40.0 Å². The molecule has 0 saturated carbocycles. The van der Waals surface area contributed by atoms with Crippen molar-refractivity contribution in [1.82, 2.24) is 19.1 Å². The van der Waals surface area contributed by atoms with Gasteiger partial charge in [0.25, 0.3) is 6.08 Å². The lowest BCUT2D eigenvalue weighted by Gasteiger charge is -2.43. The predicted molar refractivity (Wildman–Crippen MR) is 161 cm³/mol. The molecule has 3 atom stereocenters. The standard InChI is InChI=1S/C28H46FN5O6Si2/c1-17-18(38-25(35)37-17)14-33-22(30)21-23(32-24(33)29)34(16-31-21)20-13-19(40-42(11,12)27(5,6)7)28(8,39-20)15-36-41(9,10)26(2,3)4/h16,19-20,30H,13-15H2,1-12H3/t19?,20-,28-/m1/s1. The van der Waals surface area contributed by atoms with Gasteiger partial charge in [-0.2, -0.15) is 9.37 Å². The minimum atomic E-state index is -2.20. The lowest BCUT2D eigenvalue weighted by molar-refractivity contribution is -0.109. The second-order valence-corrected chi connectivity index (χ2v) is 24.2. The lowest BCUT2D eigenvalue weighted by Crippen LogP contribution is -2.53. The Hall–Kier alpha value is -2.40. The van der Waals surface area contributed by atoms with E-state index in [1.165, 1.54) is 13.3 Å². The quantitative estimate of drug-likeness (QED) is 0.245. The summed E-state index contributed by atoms with van der Waals surface area (Å²) < 4.78 is 48.2. The molecule has 1 N–H and O–H groups in total. The van der Waals surface area contributed by atoms with E-state index in [-0.39, 0.29) is 50.9 Å². The van der Waals surface area contributed by atoms with Gasteiger partial charge in [-0.05, 0) is 50.1 Å². The number of hydrogen-bond acceptors (Lipinski definition) is 9. The van der Waals surface area contributed by atoms with Crippen LogP contribution >= 0.6 is 0 Å². The van der Waals surface area contributed by atoms with E-state index in [1.54, 1.807) is 4.57 Å². The van der Waals surface area contributed by atoms with Crippen LogP contribution in [0.5, 0.6) is 0 Å². The van der Waals surface area contributed by atoms with Crippen molar-refractivity contribution in [2.75, 3.05) is 6.61 Å². The molecule has 1 saturated heterocycles. The highest BCUT2D eigenvalue weighted by atomic mass is 28.4. The number of aryl methyl sites for hydroxylation is 1. The average molecular weight is 624 g/mol. The summed E-state index contributed by atoms with van der Waals surface area (Å²) in [5.41, 5.74) is -0.614. The van der Waals surface area contributed by atoms with Crippen LogP contribution < -0.4 is 11.3 Å². The van der Waals surface area contributed by atoms with Crippen LogP contribution in [0.25, 0.3) is 11.2 Å². The number of ether oxygens (including phenoxy) is 1. The van der Waals surface area contributed by atoms with Crippen molar-refractivity contribution in [1.29, 1.82) is 5.41 Å². The number of imidazole rings is 1. The molecule has 4 rings (SSSR count). The molecule has 1 aliphatic rings. The first kappa shape index (κ1) is 32.5. The summed E-state index contributed by atoms with van der Waals surface area (Å²) in [6.45, 7) is 25.7. The van der Waals surface area contributed by atoms with Gasteiger partial charge in [0.2, 0.25) is 0 Å². The van der Waals surface area contributed by atoms with Gasteiger partial charge in [0.15, 0.2) is 39.0 Å². The highest BCUT2D eigenvalue weighted by Crippen LogP contribution is 2.46. The van der Waals surface area contributed by atoms with Gasteiger partial charge < -0.3 is 22.4 Å². The van der Waals surface area contributed by atoms with E-state index < -0.39 is 40.4 Å². The van der Waals surface area contributed by atoms with Crippen molar-refractivity contribution in [3.63, 3.8) is 0 Å². The lowest BCUT2D eigenvalue weighted by atomic mass is 10.0. The zero-order valence-electron chi connectivity index (χ0n) is 27.0. The maximum absolute atomic E-state index is 15.4. The molecule has 1 aliphatic heterocycles. The fourth-order valence-corrected chi connectivity index (χ4v) is 6.92. The molecule has 1 unspecified atom stereocenters.